The summed E-state index contributed by atoms with van der Waals surface area (Å²) in [6.45, 7) is 5.26. The van der Waals surface area contributed by atoms with Crippen molar-refractivity contribution in [1.29, 1.82) is 0 Å². The highest BCUT2D eigenvalue weighted by atomic mass is 31.2. The van der Waals surface area contributed by atoms with Gasteiger partial charge in [0.05, 0.1) is 0 Å². The van der Waals surface area contributed by atoms with Crippen LogP contribution in [0.5, 0.6) is 0 Å². The molecule has 0 aliphatic rings. The van der Waals surface area contributed by atoms with Crippen molar-refractivity contribution >= 4 is 7.60 Å². The zero-order valence-corrected chi connectivity index (χ0v) is 10.5. The molecule has 1 rings (SSSR count). The summed E-state index contributed by atoms with van der Waals surface area (Å²) in [5.41, 5.74) is 0.00480. The molecule has 0 spiro atoms. The minimum absolute atomic E-state index is 0.00480. The molecule has 17 heavy (non-hydrogen) atoms. The van der Waals surface area contributed by atoms with Crippen LogP contribution in [-0.2, 0) is 9.72 Å². The van der Waals surface area contributed by atoms with Gasteiger partial charge in [0, 0.05) is 5.56 Å². The summed E-state index contributed by atoms with van der Waals surface area (Å²) in [5.74, 6) is -0.621. The van der Waals surface area contributed by atoms with Gasteiger partial charge >= 0.3 is 7.60 Å². The van der Waals surface area contributed by atoms with Crippen LogP contribution in [0, 0.1) is 5.82 Å². The van der Waals surface area contributed by atoms with Gasteiger partial charge in [-0.15, -0.1) is 6.58 Å². The fourth-order valence-corrected chi connectivity index (χ4v) is 3.21. The van der Waals surface area contributed by atoms with E-state index >= 15 is 0 Å². The largest absolute Gasteiger partial charge is 0.339 e. The number of hydrogen-bond acceptors (Lipinski definition) is 1. The van der Waals surface area contributed by atoms with Crippen LogP contribution in [0.1, 0.15) is 25.3 Å². The van der Waals surface area contributed by atoms with Crippen LogP contribution in [0.3, 0.4) is 0 Å². The molecule has 3 nitrogen and oxygen atoms in total. The van der Waals surface area contributed by atoms with Crippen LogP contribution in [0.15, 0.2) is 36.9 Å². The number of allylic oxidation sites excluding steroid dienone is 1. The summed E-state index contributed by atoms with van der Waals surface area (Å²) >= 11 is 0. The molecule has 0 heterocycles. The molecule has 0 radical (unpaired) electrons. The van der Waals surface area contributed by atoms with Crippen molar-refractivity contribution < 1.29 is 18.7 Å². The third-order valence-corrected chi connectivity index (χ3v) is 4.52. The summed E-state index contributed by atoms with van der Waals surface area (Å²) in [4.78, 5) is 19.0. The van der Waals surface area contributed by atoms with Crippen molar-refractivity contribution in [3.8, 4) is 0 Å². The molecule has 0 fully saturated rings. The number of benzene rings is 1. The molecule has 1 atom stereocenters. The molecule has 0 aromatic heterocycles. The molecule has 1 aromatic rings. The Kier molecular flexibility index (Phi) is 4.26. The molecule has 5 heteroatoms. The average molecular weight is 258 g/mol. The Morgan fingerprint density at radius 3 is 2.47 bits per heavy atom. The molecule has 0 saturated heterocycles. The van der Waals surface area contributed by atoms with Crippen LogP contribution >= 0.6 is 7.60 Å². The number of rotatable bonds is 5. The van der Waals surface area contributed by atoms with Gasteiger partial charge in [-0.1, -0.05) is 37.6 Å². The van der Waals surface area contributed by atoms with Gasteiger partial charge in [0.1, 0.15) is 11.0 Å². The SMILES string of the molecule is C=CC(CCC)(c1ccccc1F)P(=O)(O)O. The van der Waals surface area contributed by atoms with E-state index < -0.39 is 18.6 Å². The number of halogens is 1. The Balaban J connectivity index is 3.49. The van der Waals surface area contributed by atoms with E-state index in [1.807, 2.05) is 0 Å². The normalized spacial score (nSPS) is 15.3. The first kappa shape index (κ1) is 14.1. The maximum Gasteiger partial charge on any atom is 0.339 e. The van der Waals surface area contributed by atoms with Gasteiger partial charge in [-0.2, -0.15) is 0 Å². The molecule has 2 N–H and O–H groups in total. The van der Waals surface area contributed by atoms with E-state index in [1.165, 1.54) is 18.2 Å². The Morgan fingerprint density at radius 1 is 1.47 bits per heavy atom. The summed E-state index contributed by atoms with van der Waals surface area (Å²) < 4.78 is 25.4. The molecule has 0 saturated carbocycles. The highest BCUT2D eigenvalue weighted by Crippen LogP contribution is 2.60. The highest BCUT2D eigenvalue weighted by molar-refractivity contribution is 7.53. The third-order valence-electron chi connectivity index (χ3n) is 2.83. The number of hydrogen-bond donors (Lipinski definition) is 2. The van der Waals surface area contributed by atoms with Gasteiger partial charge in [0.25, 0.3) is 0 Å². The lowest BCUT2D eigenvalue weighted by molar-refractivity contribution is 0.332. The molecule has 1 aromatic carbocycles. The lowest BCUT2D eigenvalue weighted by atomic mass is 9.93. The summed E-state index contributed by atoms with van der Waals surface area (Å²) in [6, 6.07) is 5.63. The zero-order valence-electron chi connectivity index (χ0n) is 9.64. The first-order valence-electron chi connectivity index (χ1n) is 5.33. The topological polar surface area (TPSA) is 57.5 Å². The van der Waals surface area contributed by atoms with Crippen LogP contribution < -0.4 is 0 Å². The Morgan fingerprint density at radius 2 is 2.06 bits per heavy atom. The minimum Gasteiger partial charge on any atom is -0.324 e. The van der Waals surface area contributed by atoms with Crippen molar-refractivity contribution in [3.05, 3.63) is 48.3 Å². The van der Waals surface area contributed by atoms with Gasteiger partial charge < -0.3 is 9.79 Å². The molecule has 0 amide bonds. The van der Waals surface area contributed by atoms with E-state index in [4.69, 9.17) is 0 Å². The first-order valence-corrected chi connectivity index (χ1v) is 6.94. The van der Waals surface area contributed by atoms with E-state index in [2.05, 4.69) is 6.58 Å². The second-order valence-corrected chi connectivity index (χ2v) is 5.79. The molecule has 1 unspecified atom stereocenters. The van der Waals surface area contributed by atoms with E-state index in [9.17, 15) is 18.7 Å². The monoisotopic (exact) mass is 258 g/mol. The van der Waals surface area contributed by atoms with Crippen molar-refractivity contribution in [2.45, 2.75) is 24.9 Å². The van der Waals surface area contributed by atoms with Gasteiger partial charge in [-0.25, -0.2) is 4.39 Å². The van der Waals surface area contributed by atoms with E-state index in [0.29, 0.717) is 6.42 Å². The second kappa shape index (κ2) is 5.13. The molecule has 0 bridgehead atoms. The van der Waals surface area contributed by atoms with Crippen molar-refractivity contribution in [2.24, 2.45) is 0 Å². The van der Waals surface area contributed by atoms with E-state index in [-0.39, 0.29) is 12.0 Å². The van der Waals surface area contributed by atoms with Gasteiger partial charge in [-0.3, -0.25) is 4.57 Å². The predicted molar refractivity (Wildman–Crippen MR) is 65.2 cm³/mol. The van der Waals surface area contributed by atoms with Crippen LogP contribution in [0.25, 0.3) is 0 Å². The highest BCUT2D eigenvalue weighted by Gasteiger charge is 2.46. The maximum absolute atomic E-state index is 13.7. The third kappa shape index (κ3) is 2.49. The van der Waals surface area contributed by atoms with E-state index in [1.54, 1.807) is 13.0 Å². The van der Waals surface area contributed by atoms with E-state index in [0.717, 1.165) is 6.08 Å². The standard InChI is InChI=1S/C12H16FO3P/c1-3-9-12(4-2,17(14,15)16)10-7-5-6-8-11(10)13/h4-8H,2-3,9H2,1H3,(H2,14,15,16). The van der Waals surface area contributed by atoms with Crippen molar-refractivity contribution in [2.75, 3.05) is 0 Å². The molecule has 0 aliphatic carbocycles. The predicted octanol–water partition coefficient (Wildman–Crippen LogP) is 3.18. The molecule has 0 aliphatic heterocycles. The summed E-state index contributed by atoms with van der Waals surface area (Å²) in [6.07, 6.45) is 1.84. The molecular weight excluding hydrogens is 242 g/mol. The Hall–Kier alpha value is -0.960. The quantitative estimate of drug-likeness (QED) is 0.630. The maximum atomic E-state index is 13.7. The lowest BCUT2D eigenvalue weighted by Crippen LogP contribution is -2.24. The van der Waals surface area contributed by atoms with Crippen molar-refractivity contribution in [1.82, 2.24) is 0 Å². The Labute approximate surface area is 100 Å². The second-order valence-electron chi connectivity index (χ2n) is 3.90. The first-order chi connectivity index (χ1) is 7.89. The van der Waals surface area contributed by atoms with Crippen molar-refractivity contribution in [3.63, 3.8) is 0 Å². The fraction of sp³-hybridized carbons (Fsp3) is 0.333. The summed E-state index contributed by atoms with van der Waals surface area (Å²) in [5, 5.41) is -1.63. The summed E-state index contributed by atoms with van der Waals surface area (Å²) in [7, 11) is -4.53. The lowest BCUT2D eigenvalue weighted by Gasteiger charge is -2.31. The zero-order chi connectivity index (χ0) is 13.1. The van der Waals surface area contributed by atoms with Gasteiger partial charge in [0.2, 0.25) is 0 Å². The Bertz CT molecular complexity index is 455. The van der Waals surface area contributed by atoms with Gasteiger partial charge in [0.15, 0.2) is 0 Å². The van der Waals surface area contributed by atoms with Gasteiger partial charge in [-0.05, 0) is 12.5 Å². The smallest absolute Gasteiger partial charge is 0.324 e. The minimum atomic E-state index is -4.53. The van der Waals surface area contributed by atoms with Crippen LogP contribution in [-0.4, -0.2) is 9.79 Å². The molecule has 94 valence electrons. The molecular formula is C12H16FO3P. The average Bonchev–Trinajstić information content (AvgIpc) is 2.25. The fourth-order valence-electron chi connectivity index (χ4n) is 1.96. The van der Waals surface area contributed by atoms with Crippen LogP contribution in [0.2, 0.25) is 0 Å². The van der Waals surface area contributed by atoms with Crippen LogP contribution in [0.4, 0.5) is 4.39 Å².